The van der Waals surface area contributed by atoms with Gasteiger partial charge in [0.25, 0.3) is 0 Å². The highest BCUT2D eigenvalue weighted by Gasteiger charge is 2.50. The minimum absolute atomic E-state index is 0.150. The van der Waals surface area contributed by atoms with Crippen molar-refractivity contribution >= 4 is 30.6 Å². The number of rotatable bonds is 16. The molecule has 0 bridgehead atoms. The minimum atomic E-state index is -4.79. The Bertz CT molecular complexity index is 2800. The molecule has 0 aromatic heterocycles. The molecule has 20 heteroatoms. The molecule has 9 rings (SSSR count). The third-order valence-corrected chi connectivity index (χ3v) is 19.9. The Morgan fingerprint density at radius 3 is 0.588 bits per heavy atom. The van der Waals surface area contributed by atoms with Gasteiger partial charge in [-0.3, -0.25) is 0 Å². The lowest BCUT2D eigenvalue weighted by Gasteiger charge is -2.33. The molecule has 4 N–H and O–H groups in total. The standard InChI is InChI=1S/C48H40N4O12P4/c53-41-29-13-17-33-45(41)61-65(57-37-21-5-1-6-22-37)49-66(58-38-23-7-2-8-24-38,62-46-34-18-14-30-42(46)54)51-68(60-40-27-11-4-12-28-40,64-48-36-20-16-32-44(48)56)52-67(50-65,59-39-25-9-3-10-26-39)63-47-35-19-15-31-43(47)55/h1-36,53-56H. The van der Waals surface area contributed by atoms with E-state index in [2.05, 4.69) is 0 Å². The second-order valence-electron chi connectivity index (χ2n) is 14.2. The Labute approximate surface area is 391 Å². The first-order valence-corrected chi connectivity index (χ1v) is 26.7. The van der Waals surface area contributed by atoms with Gasteiger partial charge < -0.3 is 56.6 Å². The van der Waals surface area contributed by atoms with Crippen molar-refractivity contribution in [2.45, 2.75) is 0 Å². The van der Waals surface area contributed by atoms with Crippen molar-refractivity contribution in [1.82, 2.24) is 0 Å². The van der Waals surface area contributed by atoms with Crippen LogP contribution in [0.5, 0.6) is 69.0 Å². The summed E-state index contributed by atoms with van der Waals surface area (Å²) in [6.45, 7) is 0. The van der Waals surface area contributed by atoms with Gasteiger partial charge in [0.15, 0.2) is 46.0 Å². The molecule has 68 heavy (non-hydrogen) atoms. The smallest absolute Gasteiger partial charge is 0.461 e. The van der Waals surface area contributed by atoms with Crippen molar-refractivity contribution in [1.29, 1.82) is 0 Å². The predicted molar refractivity (Wildman–Crippen MR) is 261 cm³/mol. The zero-order valence-corrected chi connectivity index (χ0v) is 39.0. The molecule has 8 aromatic carbocycles. The number of phenolic OH excluding ortho intramolecular Hbond substituents is 4. The maximum atomic E-state index is 11.4. The monoisotopic (exact) mass is 988 g/mol. The number of nitrogens with zero attached hydrogens (tertiary/aromatic N) is 4. The van der Waals surface area contributed by atoms with Gasteiger partial charge in [0.2, 0.25) is 0 Å². The Hall–Kier alpha value is -7.72. The fraction of sp³-hybridized carbons (Fsp3) is 0. The van der Waals surface area contributed by atoms with Crippen LogP contribution in [0.25, 0.3) is 0 Å². The predicted octanol–water partition coefficient (Wildman–Crippen LogP) is 15.2. The molecule has 0 unspecified atom stereocenters. The van der Waals surface area contributed by atoms with E-state index in [1.165, 1.54) is 48.5 Å². The highest BCUT2D eigenvalue weighted by molar-refractivity contribution is 7.79. The van der Waals surface area contributed by atoms with Crippen LogP contribution in [0, 0.1) is 0 Å². The summed E-state index contributed by atoms with van der Waals surface area (Å²) >= 11 is 0. The zero-order chi connectivity index (χ0) is 46.9. The van der Waals surface area contributed by atoms with Crippen molar-refractivity contribution < 1.29 is 56.6 Å². The minimum Gasteiger partial charge on any atom is -0.504 e. The fourth-order valence-corrected chi connectivity index (χ4v) is 18.3. The largest absolute Gasteiger partial charge is 0.504 e. The molecule has 0 radical (unpaired) electrons. The third-order valence-electron chi connectivity index (χ3n) is 9.10. The summed E-state index contributed by atoms with van der Waals surface area (Å²) in [4.78, 5) is 0. The van der Waals surface area contributed by atoms with Gasteiger partial charge in [-0.05, 0) is 97.1 Å². The van der Waals surface area contributed by atoms with Crippen LogP contribution in [-0.2, 0) is 0 Å². The average molecular weight is 989 g/mol. The molecule has 0 fully saturated rings. The van der Waals surface area contributed by atoms with Gasteiger partial charge in [-0.2, -0.15) is 0 Å². The summed E-state index contributed by atoms with van der Waals surface area (Å²) in [6.07, 6.45) is 0. The molecular weight excluding hydrogens is 948 g/mol. The van der Waals surface area contributed by atoms with Crippen LogP contribution >= 0.6 is 30.6 Å². The van der Waals surface area contributed by atoms with Gasteiger partial charge in [-0.15, -0.1) is 0 Å². The summed E-state index contributed by atoms with van der Waals surface area (Å²) in [7, 11) is -19.2. The van der Waals surface area contributed by atoms with Crippen LogP contribution in [0.2, 0.25) is 0 Å². The lowest BCUT2D eigenvalue weighted by atomic mass is 10.3. The Morgan fingerprint density at radius 1 is 0.221 bits per heavy atom. The second kappa shape index (κ2) is 20.0. The van der Waals surface area contributed by atoms with E-state index in [1.807, 2.05) is 0 Å². The van der Waals surface area contributed by atoms with Crippen LogP contribution in [-0.4, -0.2) is 20.4 Å². The quantitative estimate of drug-likeness (QED) is 0.0668. The van der Waals surface area contributed by atoms with Gasteiger partial charge in [0.05, 0.1) is 0 Å². The average Bonchev–Trinajstić information content (AvgIpc) is 3.33. The molecule has 1 heterocycles. The Balaban J connectivity index is 1.51. The number of hydrogen-bond donors (Lipinski definition) is 4. The zero-order valence-electron chi connectivity index (χ0n) is 35.4. The fourth-order valence-electron chi connectivity index (χ4n) is 6.13. The van der Waals surface area contributed by atoms with E-state index in [0.717, 1.165) is 0 Å². The van der Waals surface area contributed by atoms with Gasteiger partial charge in [0.1, 0.15) is 23.0 Å². The first-order chi connectivity index (χ1) is 33.1. The normalized spacial score (nSPS) is 20.7. The van der Waals surface area contributed by atoms with Gasteiger partial charge in [-0.25, -0.2) is 0 Å². The molecule has 0 spiro atoms. The molecule has 0 aliphatic carbocycles. The van der Waals surface area contributed by atoms with Crippen molar-refractivity contribution in [3.8, 4) is 69.0 Å². The first kappa shape index (κ1) is 45.4. The number of aromatic hydroxyl groups is 4. The van der Waals surface area contributed by atoms with Crippen LogP contribution in [0.3, 0.4) is 0 Å². The number of hydrogen-bond acceptors (Lipinski definition) is 16. The highest BCUT2D eigenvalue weighted by atomic mass is 31.3. The van der Waals surface area contributed by atoms with E-state index in [1.54, 1.807) is 170 Å². The molecule has 8 aromatic rings. The molecule has 0 saturated heterocycles. The van der Waals surface area contributed by atoms with E-state index in [-0.39, 0.29) is 69.0 Å². The maximum Gasteiger partial charge on any atom is 0.461 e. The summed E-state index contributed by atoms with van der Waals surface area (Å²) in [5.74, 6) is -1.44. The summed E-state index contributed by atoms with van der Waals surface area (Å²) < 4.78 is 76.2. The van der Waals surface area contributed by atoms with Gasteiger partial charge in [0, 0.05) is 0 Å². The Kier molecular flexibility index (Phi) is 13.4. The molecule has 0 saturated carbocycles. The van der Waals surface area contributed by atoms with Crippen molar-refractivity contribution in [2.24, 2.45) is 18.1 Å². The molecule has 1 aliphatic rings. The maximum absolute atomic E-state index is 11.4. The number of phenols is 4. The molecule has 1 aliphatic heterocycles. The first-order valence-electron chi connectivity index (χ1n) is 20.5. The number of para-hydroxylation sites is 12. The lowest BCUT2D eigenvalue weighted by Crippen LogP contribution is -2.11. The topological polar surface area (TPSA) is 204 Å². The summed E-state index contributed by atoms with van der Waals surface area (Å²) in [6, 6.07) is 57.9. The second-order valence-corrected chi connectivity index (χ2v) is 22.4. The molecule has 0 amide bonds. The van der Waals surface area contributed by atoms with Gasteiger partial charge in [-0.1, -0.05) is 139 Å². The SMILES string of the molecule is Oc1ccccc1OP1(Oc2ccccc2)=NP(Oc2ccccc2)(Oc2ccccc2O)=NP(Oc2ccccc2)(Oc2ccccc2O)=NP(Oc2ccccc2)(Oc2ccccc2O)=N1. The van der Waals surface area contributed by atoms with Crippen molar-refractivity contribution in [3.63, 3.8) is 0 Å². The van der Waals surface area contributed by atoms with Crippen LogP contribution < -0.4 is 36.2 Å². The summed E-state index contributed by atoms with van der Waals surface area (Å²) in [5.41, 5.74) is 0. The molecule has 344 valence electrons. The van der Waals surface area contributed by atoms with Crippen molar-refractivity contribution in [2.75, 3.05) is 0 Å². The third kappa shape index (κ3) is 10.9. The highest BCUT2D eigenvalue weighted by Crippen LogP contribution is 2.79. The van der Waals surface area contributed by atoms with Crippen LogP contribution in [0.15, 0.2) is 236 Å². The lowest BCUT2D eigenvalue weighted by molar-refractivity contribution is 0.405. The van der Waals surface area contributed by atoms with Crippen molar-refractivity contribution in [3.05, 3.63) is 218 Å². The van der Waals surface area contributed by atoms with E-state index >= 15 is 0 Å². The Morgan fingerprint density at radius 2 is 0.397 bits per heavy atom. The van der Waals surface area contributed by atoms with Crippen LogP contribution in [0.4, 0.5) is 0 Å². The molecule has 16 nitrogen and oxygen atoms in total. The van der Waals surface area contributed by atoms with E-state index < -0.39 is 30.6 Å². The molecule has 0 atom stereocenters. The van der Waals surface area contributed by atoms with E-state index in [0.29, 0.717) is 0 Å². The van der Waals surface area contributed by atoms with E-state index in [4.69, 9.17) is 54.3 Å². The summed E-state index contributed by atoms with van der Waals surface area (Å²) in [5, 5.41) is 45.7. The van der Waals surface area contributed by atoms with Gasteiger partial charge >= 0.3 is 30.6 Å². The molecular formula is C48H40N4O12P4. The number of benzene rings is 8. The van der Waals surface area contributed by atoms with Crippen LogP contribution in [0.1, 0.15) is 0 Å². The van der Waals surface area contributed by atoms with E-state index in [9.17, 15) is 20.4 Å².